The van der Waals surface area contributed by atoms with Crippen molar-refractivity contribution >= 4 is 24.0 Å². The van der Waals surface area contributed by atoms with Crippen molar-refractivity contribution < 1.29 is 33.0 Å². The topological polar surface area (TPSA) is 95.0 Å². The smallest absolute Gasteiger partial charge is 0.425 e. The number of imide groups is 1. The van der Waals surface area contributed by atoms with Crippen LogP contribution in [0.3, 0.4) is 0 Å². The number of ether oxygens (including phenoxy) is 3. The highest BCUT2D eigenvalue weighted by Gasteiger charge is 2.45. The number of benzene rings is 1. The highest BCUT2D eigenvalue weighted by molar-refractivity contribution is 6.08. The zero-order valence-corrected chi connectivity index (χ0v) is 26.6. The fourth-order valence-electron chi connectivity index (χ4n) is 4.67. The number of hydrogen-bond donors (Lipinski definition) is 0. The molecule has 9 heteroatoms. The summed E-state index contributed by atoms with van der Waals surface area (Å²) < 4.78 is 32.9. The quantitative estimate of drug-likeness (QED) is 0.204. The van der Waals surface area contributed by atoms with Gasteiger partial charge in [-0.1, -0.05) is 42.3 Å². The fraction of sp³-hybridized carbons (Fsp3) is 0.529. The molecular weight excluding hydrogens is 551 g/mol. The molecule has 1 fully saturated rings. The monoisotopic (exact) mass is 594 g/mol. The molecule has 1 aliphatic rings. The predicted octanol–water partition coefficient (Wildman–Crippen LogP) is 7.74. The Labute approximate surface area is 254 Å². The Kier molecular flexibility index (Phi) is 9.95. The highest BCUT2D eigenvalue weighted by Crippen LogP contribution is 2.45. The van der Waals surface area contributed by atoms with Gasteiger partial charge in [0.1, 0.15) is 28.3 Å². The van der Waals surface area contributed by atoms with Gasteiger partial charge in [0.2, 0.25) is 0 Å². The number of anilines is 1. The number of amides is 2. The van der Waals surface area contributed by atoms with Crippen molar-refractivity contribution in [2.24, 2.45) is 5.92 Å². The lowest BCUT2D eigenvalue weighted by atomic mass is 9.70. The van der Waals surface area contributed by atoms with Crippen LogP contribution < -0.4 is 4.90 Å². The van der Waals surface area contributed by atoms with E-state index in [1.165, 1.54) is 6.07 Å². The number of aromatic nitrogens is 1. The van der Waals surface area contributed by atoms with Gasteiger partial charge in [-0.3, -0.25) is 4.79 Å². The summed E-state index contributed by atoms with van der Waals surface area (Å²) in [6, 6.07) is 13.9. The first-order valence-corrected chi connectivity index (χ1v) is 14.5. The molecule has 0 radical (unpaired) electrons. The van der Waals surface area contributed by atoms with E-state index in [4.69, 9.17) is 14.2 Å². The Morgan fingerprint density at radius 1 is 0.837 bits per heavy atom. The number of hydrogen-bond acceptors (Lipinski definition) is 7. The van der Waals surface area contributed by atoms with E-state index in [-0.39, 0.29) is 36.7 Å². The van der Waals surface area contributed by atoms with E-state index in [1.807, 2.05) is 51.1 Å². The molecular formula is C34H43FN2O6. The maximum atomic E-state index is 16.3. The van der Waals surface area contributed by atoms with Gasteiger partial charge in [-0.25, -0.2) is 19.0 Å². The Hall–Kier alpha value is -3.93. The van der Waals surface area contributed by atoms with E-state index >= 15 is 4.39 Å². The van der Waals surface area contributed by atoms with Crippen LogP contribution >= 0.6 is 0 Å². The molecule has 0 aliphatic heterocycles. The minimum atomic E-state index is -1.91. The summed E-state index contributed by atoms with van der Waals surface area (Å²) in [4.78, 5) is 44.2. The maximum Gasteiger partial charge on any atom is 0.425 e. The number of halogens is 1. The van der Waals surface area contributed by atoms with Crippen LogP contribution in [0.4, 0.5) is 19.8 Å². The molecule has 43 heavy (non-hydrogen) atoms. The van der Waals surface area contributed by atoms with E-state index in [9.17, 15) is 14.4 Å². The second kappa shape index (κ2) is 12.7. The van der Waals surface area contributed by atoms with Crippen molar-refractivity contribution in [3.63, 3.8) is 0 Å². The van der Waals surface area contributed by atoms with Crippen LogP contribution in [0.5, 0.6) is 0 Å². The number of nitrogens with zero attached hydrogens (tertiary/aromatic N) is 2. The summed E-state index contributed by atoms with van der Waals surface area (Å²) in [6.45, 7) is 15.5. The minimum absolute atomic E-state index is 0.00441. The molecule has 1 heterocycles. The molecule has 1 aromatic carbocycles. The van der Waals surface area contributed by atoms with Crippen molar-refractivity contribution in [1.29, 1.82) is 0 Å². The Balaban J connectivity index is 1.92. The van der Waals surface area contributed by atoms with Gasteiger partial charge in [0.05, 0.1) is 5.92 Å². The molecule has 3 atom stereocenters. The molecule has 0 saturated heterocycles. The van der Waals surface area contributed by atoms with Gasteiger partial charge in [-0.2, -0.15) is 4.90 Å². The highest BCUT2D eigenvalue weighted by atomic mass is 19.1. The van der Waals surface area contributed by atoms with Crippen molar-refractivity contribution in [1.82, 2.24) is 4.98 Å². The lowest BCUT2D eigenvalue weighted by molar-refractivity contribution is -0.162. The minimum Gasteiger partial charge on any atom is -0.460 e. The lowest BCUT2D eigenvalue weighted by Crippen LogP contribution is -2.44. The Morgan fingerprint density at radius 2 is 1.40 bits per heavy atom. The third-order valence-corrected chi connectivity index (χ3v) is 6.35. The molecule has 1 aliphatic carbocycles. The van der Waals surface area contributed by atoms with Crippen LogP contribution in [0, 0.1) is 17.8 Å². The predicted molar refractivity (Wildman–Crippen MR) is 162 cm³/mol. The average Bonchev–Trinajstić information content (AvgIpc) is 2.85. The molecule has 3 rings (SSSR count). The van der Waals surface area contributed by atoms with Crippen molar-refractivity contribution in [2.45, 2.75) is 110 Å². The molecule has 2 amide bonds. The molecule has 0 spiro atoms. The van der Waals surface area contributed by atoms with Gasteiger partial charge in [0.15, 0.2) is 5.67 Å². The molecule has 1 aromatic heterocycles. The zero-order chi connectivity index (χ0) is 32.2. The Bertz CT molecular complexity index is 1350. The normalized spacial score (nSPS) is 20.7. The largest absolute Gasteiger partial charge is 0.460 e. The Morgan fingerprint density at radius 3 is 1.93 bits per heavy atom. The summed E-state index contributed by atoms with van der Waals surface area (Å²) in [5.41, 5.74) is -3.35. The third kappa shape index (κ3) is 10.1. The van der Waals surface area contributed by atoms with Gasteiger partial charge in [-0.05, 0) is 98.8 Å². The van der Waals surface area contributed by atoms with Crippen LogP contribution in [-0.2, 0) is 19.0 Å². The number of esters is 1. The maximum absolute atomic E-state index is 16.3. The van der Waals surface area contributed by atoms with Gasteiger partial charge in [0.25, 0.3) is 0 Å². The van der Waals surface area contributed by atoms with Gasteiger partial charge < -0.3 is 14.2 Å². The second-order valence-corrected chi connectivity index (χ2v) is 13.8. The fourth-order valence-corrected chi connectivity index (χ4v) is 4.67. The third-order valence-electron chi connectivity index (χ3n) is 6.35. The van der Waals surface area contributed by atoms with E-state index in [2.05, 4.69) is 16.8 Å². The van der Waals surface area contributed by atoms with Crippen LogP contribution in [0.15, 0.2) is 48.5 Å². The molecule has 1 saturated carbocycles. The number of pyridine rings is 1. The van der Waals surface area contributed by atoms with Crippen molar-refractivity contribution in [3.8, 4) is 11.8 Å². The summed E-state index contributed by atoms with van der Waals surface area (Å²) >= 11 is 0. The van der Waals surface area contributed by atoms with Crippen LogP contribution in [-0.4, -0.2) is 45.6 Å². The van der Waals surface area contributed by atoms with E-state index in [0.29, 0.717) is 4.90 Å². The molecule has 232 valence electrons. The van der Waals surface area contributed by atoms with E-state index in [1.54, 1.807) is 53.7 Å². The summed E-state index contributed by atoms with van der Waals surface area (Å²) in [7, 11) is 0. The zero-order valence-electron chi connectivity index (χ0n) is 26.6. The molecule has 0 bridgehead atoms. The van der Waals surface area contributed by atoms with Gasteiger partial charge in [-0.15, -0.1) is 0 Å². The van der Waals surface area contributed by atoms with Gasteiger partial charge >= 0.3 is 18.2 Å². The number of carbonyl (C=O) groups is 3. The van der Waals surface area contributed by atoms with E-state index < -0.39 is 46.5 Å². The van der Waals surface area contributed by atoms with Crippen LogP contribution in [0.1, 0.15) is 98.8 Å². The van der Waals surface area contributed by atoms with Crippen molar-refractivity contribution in [3.05, 3.63) is 59.8 Å². The number of carbonyl (C=O) groups excluding carboxylic acids is 3. The lowest BCUT2D eigenvalue weighted by Gasteiger charge is -2.37. The number of rotatable bonds is 3. The first-order chi connectivity index (χ1) is 19.8. The molecule has 3 unspecified atom stereocenters. The SMILES string of the molecule is CC(C)(C)OC(=O)C1CCC(F)(C#Cc2cccc(N(C(=O)OC(C)(C)C)C(=O)OC(C)(C)C)n2)CC1c1ccccc1. The summed E-state index contributed by atoms with van der Waals surface area (Å²) in [5.74, 6) is 4.17. The number of alkyl halides is 1. The summed E-state index contributed by atoms with van der Waals surface area (Å²) in [6.07, 6.45) is -1.64. The standard InChI is InChI=1S/C34H43FN2O6/c1-31(2,3)41-28(38)25-19-21-34(35,22-26(25)23-14-11-10-12-15-23)20-18-24-16-13-17-27(36-24)37(29(39)42-32(4,5)6)30(40)43-33(7,8)9/h10-17,25-26H,19,21-22H2,1-9H3. The van der Waals surface area contributed by atoms with Crippen LogP contribution in [0.2, 0.25) is 0 Å². The average molecular weight is 595 g/mol. The van der Waals surface area contributed by atoms with E-state index in [0.717, 1.165) is 5.56 Å². The van der Waals surface area contributed by atoms with Crippen LogP contribution in [0.25, 0.3) is 0 Å². The first kappa shape index (κ1) is 33.6. The molecule has 2 aromatic rings. The first-order valence-electron chi connectivity index (χ1n) is 14.5. The molecule has 0 N–H and O–H groups in total. The summed E-state index contributed by atoms with van der Waals surface area (Å²) in [5, 5.41) is 0. The van der Waals surface area contributed by atoms with Crippen molar-refractivity contribution in [2.75, 3.05) is 4.90 Å². The van der Waals surface area contributed by atoms with Gasteiger partial charge in [0, 0.05) is 12.3 Å². The second-order valence-electron chi connectivity index (χ2n) is 13.8. The molecule has 8 nitrogen and oxygen atoms in total.